The normalized spacial score (nSPS) is 10.3. The van der Waals surface area contributed by atoms with Gasteiger partial charge in [0, 0.05) is 15.6 Å². The number of aromatic nitrogens is 2. The number of carboxylic acids is 1. The van der Waals surface area contributed by atoms with E-state index >= 15 is 0 Å². The number of aromatic carboxylic acids is 1. The minimum atomic E-state index is -1.06. The molecule has 1 N–H and O–H groups in total. The molecule has 0 radical (unpaired) electrons. The van der Waals surface area contributed by atoms with Gasteiger partial charge in [0.05, 0.1) is 0 Å². The van der Waals surface area contributed by atoms with Crippen molar-refractivity contribution in [2.75, 3.05) is 0 Å². The third-order valence-electron chi connectivity index (χ3n) is 2.06. The van der Waals surface area contributed by atoms with E-state index in [1.54, 1.807) is 19.1 Å². The maximum atomic E-state index is 10.9. The van der Waals surface area contributed by atoms with E-state index in [0.29, 0.717) is 15.9 Å². The van der Waals surface area contributed by atoms with Crippen molar-refractivity contribution in [2.45, 2.75) is 17.0 Å². The number of halogens is 1. The van der Waals surface area contributed by atoms with Crippen LogP contribution < -0.4 is 0 Å². The van der Waals surface area contributed by atoms with Gasteiger partial charge in [-0.15, -0.1) is 0 Å². The summed E-state index contributed by atoms with van der Waals surface area (Å²) in [7, 11) is 0. The van der Waals surface area contributed by atoms with Gasteiger partial charge in [-0.05, 0) is 43.0 Å². The number of hydrogen-bond acceptors (Lipinski definition) is 4. The molecule has 6 heteroatoms. The van der Waals surface area contributed by atoms with E-state index < -0.39 is 5.97 Å². The summed E-state index contributed by atoms with van der Waals surface area (Å²) in [5.41, 5.74) is 0.610. The molecule has 1 aromatic heterocycles. The van der Waals surface area contributed by atoms with Crippen LogP contribution in [0.15, 0.2) is 40.4 Å². The standard InChI is InChI=1S/C12H9ClN2O2S/c1-7-5-10(11(16)17)15-12(14-7)18-9-4-2-3-8(13)6-9/h2-6H,1H3,(H,16,17). The molecule has 0 saturated heterocycles. The van der Waals surface area contributed by atoms with Crippen molar-refractivity contribution < 1.29 is 9.90 Å². The Morgan fingerprint density at radius 2 is 2.11 bits per heavy atom. The number of nitrogens with zero attached hydrogens (tertiary/aromatic N) is 2. The Labute approximate surface area is 113 Å². The van der Waals surface area contributed by atoms with Gasteiger partial charge in [-0.2, -0.15) is 0 Å². The third-order valence-corrected chi connectivity index (χ3v) is 3.15. The molecule has 4 nitrogen and oxygen atoms in total. The number of carbonyl (C=O) groups is 1. The minimum Gasteiger partial charge on any atom is -0.477 e. The number of carboxylic acid groups (broad SMARTS) is 1. The molecular formula is C12H9ClN2O2S. The molecule has 92 valence electrons. The molecule has 0 bridgehead atoms. The van der Waals surface area contributed by atoms with Gasteiger partial charge in [0.2, 0.25) is 0 Å². The number of rotatable bonds is 3. The summed E-state index contributed by atoms with van der Waals surface area (Å²) < 4.78 is 0. The molecule has 0 unspecified atom stereocenters. The van der Waals surface area contributed by atoms with Crippen LogP contribution in [0.1, 0.15) is 16.2 Å². The van der Waals surface area contributed by atoms with Crippen LogP contribution in [0.4, 0.5) is 0 Å². The molecule has 1 aromatic carbocycles. The SMILES string of the molecule is Cc1cc(C(=O)O)nc(Sc2cccc(Cl)c2)n1. The van der Waals surface area contributed by atoms with Crippen LogP contribution in [0.5, 0.6) is 0 Å². The van der Waals surface area contributed by atoms with Crippen molar-refractivity contribution in [1.82, 2.24) is 9.97 Å². The van der Waals surface area contributed by atoms with Crippen LogP contribution in [-0.4, -0.2) is 21.0 Å². The highest BCUT2D eigenvalue weighted by Crippen LogP contribution is 2.27. The zero-order valence-corrected chi connectivity index (χ0v) is 11.0. The average Bonchev–Trinajstić information content (AvgIpc) is 2.28. The van der Waals surface area contributed by atoms with Gasteiger partial charge in [-0.25, -0.2) is 14.8 Å². The summed E-state index contributed by atoms with van der Waals surface area (Å²) in [6.45, 7) is 1.73. The number of benzene rings is 1. The topological polar surface area (TPSA) is 63.1 Å². The summed E-state index contributed by atoms with van der Waals surface area (Å²) >= 11 is 7.15. The van der Waals surface area contributed by atoms with Crippen molar-refractivity contribution >= 4 is 29.3 Å². The van der Waals surface area contributed by atoms with Gasteiger partial charge in [-0.1, -0.05) is 17.7 Å². The largest absolute Gasteiger partial charge is 0.477 e. The van der Waals surface area contributed by atoms with E-state index in [0.717, 1.165) is 4.90 Å². The van der Waals surface area contributed by atoms with Crippen LogP contribution >= 0.6 is 23.4 Å². The Hall–Kier alpha value is -1.59. The first-order valence-electron chi connectivity index (χ1n) is 5.07. The lowest BCUT2D eigenvalue weighted by Crippen LogP contribution is -2.03. The Kier molecular flexibility index (Phi) is 3.84. The maximum absolute atomic E-state index is 10.9. The second-order valence-corrected chi connectivity index (χ2v) is 5.02. The predicted octanol–water partition coefficient (Wildman–Crippen LogP) is 3.29. The highest BCUT2D eigenvalue weighted by molar-refractivity contribution is 7.99. The Morgan fingerprint density at radius 3 is 2.78 bits per heavy atom. The van der Waals surface area contributed by atoms with Crippen LogP contribution in [0, 0.1) is 6.92 Å². The van der Waals surface area contributed by atoms with Gasteiger partial charge in [0.25, 0.3) is 0 Å². The summed E-state index contributed by atoms with van der Waals surface area (Å²) in [4.78, 5) is 19.9. The van der Waals surface area contributed by atoms with Crippen molar-refractivity contribution in [3.05, 3.63) is 46.7 Å². The van der Waals surface area contributed by atoms with E-state index in [9.17, 15) is 4.79 Å². The fraction of sp³-hybridized carbons (Fsp3) is 0.0833. The number of hydrogen-bond donors (Lipinski definition) is 1. The molecule has 2 rings (SSSR count). The summed E-state index contributed by atoms with van der Waals surface area (Å²) in [6.07, 6.45) is 0. The van der Waals surface area contributed by atoms with Crippen molar-refractivity contribution in [1.29, 1.82) is 0 Å². The van der Waals surface area contributed by atoms with Gasteiger partial charge >= 0.3 is 5.97 Å². The lowest BCUT2D eigenvalue weighted by Gasteiger charge is -2.03. The zero-order valence-electron chi connectivity index (χ0n) is 9.42. The first-order chi connectivity index (χ1) is 8.54. The average molecular weight is 281 g/mol. The highest BCUT2D eigenvalue weighted by Gasteiger charge is 2.09. The molecule has 0 fully saturated rings. The molecule has 0 amide bonds. The summed E-state index contributed by atoms with van der Waals surface area (Å²) in [6, 6.07) is 8.66. The lowest BCUT2D eigenvalue weighted by atomic mass is 10.3. The molecule has 0 atom stereocenters. The predicted molar refractivity (Wildman–Crippen MR) is 69.3 cm³/mol. The molecule has 1 heterocycles. The van der Waals surface area contributed by atoms with Gasteiger partial charge in [-0.3, -0.25) is 0 Å². The summed E-state index contributed by atoms with van der Waals surface area (Å²) in [5.74, 6) is -1.06. The fourth-order valence-electron chi connectivity index (χ4n) is 1.33. The monoisotopic (exact) mass is 280 g/mol. The highest BCUT2D eigenvalue weighted by atomic mass is 35.5. The van der Waals surface area contributed by atoms with Crippen LogP contribution in [0.25, 0.3) is 0 Å². The van der Waals surface area contributed by atoms with Crippen LogP contribution in [-0.2, 0) is 0 Å². The van der Waals surface area contributed by atoms with E-state index in [4.69, 9.17) is 16.7 Å². The van der Waals surface area contributed by atoms with Crippen molar-refractivity contribution in [3.8, 4) is 0 Å². The van der Waals surface area contributed by atoms with E-state index in [1.807, 2.05) is 12.1 Å². The molecule has 0 aliphatic rings. The van der Waals surface area contributed by atoms with Crippen molar-refractivity contribution in [2.24, 2.45) is 0 Å². The fourth-order valence-corrected chi connectivity index (χ4v) is 2.46. The second kappa shape index (κ2) is 5.37. The van der Waals surface area contributed by atoms with Crippen LogP contribution in [0.2, 0.25) is 5.02 Å². The molecule has 0 aliphatic heterocycles. The maximum Gasteiger partial charge on any atom is 0.354 e. The first kappa shape index (κ1) is 12.9. The minimum absolute atomic E-state index is 0.00738. The molecule has 0 aliphatic carbocycles. The Morgan fingerprint density at radius 1 is 1.33 bits per heavy atom. The second-order valence-electron chi connectivity index (χ2n) is 3.54. The molecule has 0 spiro atoms. The van der Waals surface area contributed by atoms with E-state index in [1.165, 1.54) is 17.8 Å². The lowest BCUT2D eigenvalue weighted by molar-refractivity contribution is 0.0689. The number of aryl methyl sites for hydroxylation is 1. The molecule has 18 heavy (non-hydrogen) atoms. The zero-order chi connectivity index (χ0) is 13.1. The van der Waals surface area contributed by atoms with E-state index in [-0.39, 0.29) is 5.69 Å². The van der Waals surface area contributed by atoms with Crippen LogP contribution in [0.3, 0.4) is 0 Å². The van der Waals surface area contributed by atoms with Gasteiger partial charge in [0.1, 0.15) is 0 Å². The van der Waals surface area contributed by atoms with Crippen molar-refractivity contribution in [3.63, 3.8) is 0 Å². The van der Waals surface area contributed by atoms with Gasteiger partial charge in [0.15, 0.2) is 10.9 Å². The quantitative estimate of drug-likeness (QED) is 0.874. The Balaban J connectivity index is 2.31. The third kappa shape index (κ3) is 3.21. The summed E-state index contributed by atoms with van der Waals surface area (Å²) in [5, 5.41) is 9.94. The molecule has 0 saturated carbocycles. The smallest absolute Gasteiger partial charge is 0.354 e. The molecule has 2 aromatic rings. The molecular weight excluding hydrogens is 272 g/mol. The Bertz CT molecular complexity index is 604. The van der Waals surface area contributed by atoms with E-state index in [2.05, 4.69) is 9.97 Å². The first-order valence-corrected chi connectivity index (χ1v) is 6.26. The van der Waals surface area contributed by atoms with Gasteiger partial charge < -0.3 is 5.11 Å².